The maximum atomic E-state index is 9.31. The minimum absolute atomic E-state index is 0.0182. The minimum Gasteiger partial charge on any atom is -0.394 e. The van der Waals surface area contributed by atoms with Crippen LogP contribution >= 0.6 is 27.3 Å². The summed E-state index contributed by atoms with van der Waals surface area (Å²) in [4.78, 5) is 2.65. The molecule has 0 bridgehead atoms. The van der Waals surface area contributed by atoms with Crippen molar-refractivity contribution in [3.05, 3.63) is 20.3 Å². The molecule has 1 aliphatic carbocycles. The summed E-state index contributed by atoms with van der Waals surface area (Å²) in [5.41, 5.74) is 0.0182. The Kier molecular flexibility index (Phi) is 3.50. The molecule has 1 saturated carbocycles. The van der Waals surface area contributed by atoms with Gasteiger partial charge in [0.1, 0.15) is 0 Å². The van der Waals surface area contributed by atoms with E-state index < -0.39 is 0 Å². The first-order chi connectivity index (χ1) is 7.15. The topological polar surface area (TPSA) is 32.3 Å². The van der Waals surface area contributed by atoms with Gasteiger partial charge in [-0.2, -0.15) is 0 Å². The van der Waals surface area contributed by atoms with Crippen LogP contribution in [0.4, 0.5) is 0 Å². The molecule has 1 heterocycles. The van der Waals surface area contributed by atoms with E-state index in [9.17, 15) is 5.11 Å². The standard InChI is InChI=1S/C11H16BrNOS/c1-8-10(12)5-9(15-8)6-13-11(7-14)3-2-4-11/h5,13-14H,2-4,6-7H2,1H3. The van der Waals surface area contributed by atoms with Gasteiger partial charge in [0, 0.05) is 26.3 Å². The maximum Gasteiger partial charge on any atom is 0.0613 e. The highest BCUT2D eigenvalue weighted by Crippen LogP contribution is 2.32. The number of aryl methyl sites for hydroxylation is 1. The van der Waals surface area contributed by atoms with Crippen LogP contribution < -0.4 is 5.32 Å². The van der Waals surface area contributed by atoms with Gasteiger partial charge in [0.15, 0.2) is 0 Å². The lowest BCUT2D eigenvalue weighted by Crippen LogP contribution is -2.53. The van der Waals surface area contributed by atoms with Crippen molar-refractivity contribution in [1.29, 1.82) is 0 Å². The minimum atomic E-state index is 0.0182. The molecule has 1 fully saturated rings. The second-order valence-corrected chi connectivity index (χ2v) is 6.46. The van der Waals surface area contributed by atoms with E-state index in [0.29, 0.717) is 0 Å². The van der Waals surface area contributed by atoms with E-state index in [4.69, 9.17) is 0 Å². The lowest BCUT2D eigenvalue weighted by atomic mass is 9.77. The van der Waals surface area contributed by atoms with Crippen molar-refractivity contribution in [2.45, 2.75) is 38.3 Å². The Morgan fingerprint density at radius 3 is 2.73 bits per heavy atom. The number of nitrogens with one attached hydrogen (secondary N) is 1. The zero-order valence-electron chi connectivity index (χ0n) is 8.85. The summed E-state index contributed by atoms with van der Waals surface area (Å²) >= 11 is 5.33. The maximum absolute atomic E-state index is 9.31. The summed E-state index contributed by atoms with van der Waals surface area (Å²) in [5, 5.41) is 12.8. The lowest BCUT2D eigenvalue weighted by molar-refractivity contribution is 0.0875. The van der Waals surface area contributed by atoms with Crippen LogP contribution in [0, 0.1) is 6.92 Å². The van der Waals surface area contributed by atoms with Crippen molar-refractivity contribution in [2.75, 3.05) is 6.61 Å². The Bertz CT molecular complexity index is 321. The third-order valence-corrected chi connectivity index (χ3v) is 5.30. The van der Waals surface area contributed by atoms with Gasteiger partial charge in [0.2, 0.25) is 0 Å². The van der Waals surface area contributed by atoms with Crippen molar-refractivity contribution in [2.24, 2.45) is 0 Å². The first-order valence-corrected chi connectivity index (χ1v) is 6.87. The van der Waals surface area contributed by atoms with Crippen LogP contribution in [-0.4, -0.2) is 17.3 Å². The van der Waals surface area contributed by atoms with Gasteiger partial charge in [-0.05, 0) is 48.2 Å². The van der Waals surface area contributed by atoms with Crippen LogP contribution in [0.15, 0.2) is 10.5 Å². The average molecular weight is 290 g/mol. The zero-order valence-corrected chi connectivity index (χ0v) is 11.2. The molecule has 0 saturated heterocycles. The van der Waals surface area contributed by atoms with E-state index in [1.165, 1.54) is 20.6 Å². The largest absolute Gasteiger partial charge is 0.394 e. The monoisotopic (exact) mass is 289 g/mol. The molecule has 1 aromatic heterocycles. The van der Waals surface area contributed by atoms with Crippen molar-refractivity contribution in [1.82, 2.24) is 5.32 Å². The molecule has 0 spiro atoms. The van der Waals surface area contributed by atoms with Crippen LogP contribution in [0.1, 0.15) is 29.0 Å². The van der Waals surface area contributed by atoms with Gasteiger partial charge in [-0.1, -0.05) is 0 Å². The molecule has 2 nitrogen and oxygen atoms in total. The summed E-state index contributed by atoms with van der Waals surface area (Å²) in [6, 6.07) is 2.16. The highest BCUT2D eigenvalue weighted by atomic mass is 79.9. The number of thiophene rings is 1. The smallest absolute Gasteiger partial charge is 0.0613 e. The highest BCUT2D eigenvalue weighted by Gasteiger charge is 2.35. The van der Waals surface area contributed by atoms with Crippen LogP contribution in [0.3, 0.4) is 0 Å². The van der Waals surface area contributed by atoms with Crippen LogP contribution in [-0.2, 0) is 6.54 Å². The van der Waals surface area contributed by atoms with Crippen molar-refractivity contribution in [3.63, 3.8) is 0 Å². The van der Waals surface area contributed by atoms with E-state index in [2.05, 4.69) is 34.2 Å². The number of hydrogen-bond acceptors (Lipinski definition) is 3. The van der Waals surface area contributed by atoms with Gasteiger partial charge in [0.25, 0.3) is 0 Å². The van der Waals surface area contributed by atoms with E-state index in [0.717, 1.165) is 19.4 Å². The fourth-order valence-electron chi connectivity index (χ4n) is 1.87. The average Bonchev–Trinajstić information content (AvgIpc) is 2.45. The van der Waals surface area contributed by atoms with Crippen molar-refractivity contribution >= 4 is 27.3 Å². The number of halogens is 1. The first kappa shape index (κ1) is 11.6. The predicted octanol–water partition coefficient (Wildman–Crippen LogP) is 2.82. The molecule has 0 amide bonds. The van der Waals surface area contributed by atoms with Crippen LogP contribution in [0.5, 0.6) is 0 Å². The Labute approximate surface area is 103 Å². The molecule has 0 atom stereocenters. The molecule has 0 radical (unpaired) electrons. The predicted molar refractivity (Wildman–Crippen MR) is 67.3 cm³/mol. The van der Waals surface area contributed by atoms with Gasteiger partial charge < -0.3 is 10.4 Å². The number of aliphatic hydroxyl groups is 1. The second kappa shape index (κ2) is 4.53. The Morgan fingerprint density at radius 1 is 1.60 bits per heavy atom. The van der Waals surface area contributed by atoms with Gasteiger partial charge in [-0.15, -0.1) is 11.3 Å². The molecule has 0 aromatic carbocycles. The fourth-order valence-corrected chi connectivity index (χ4v) is 3.42. The summed E-state index contributed by atoms with van der Waals surface area (Å²) in [7, 11) is 0. The Hall–Kier alpha value is 0.100. The van der Waals surface area contributed by atoms with Gasteiger partial charge in [-0.3, -0.25) is 0 Å². The summed E-state index contributed by atoms with van der Waals surface area (Å²) in [6.07, 6.45) is 3.45. The van der Waals surface area contributed by atoms with Gasteiger partial charge in [-0.25, -0.2) is 0 Å². The van der Waals surface area contributed by atoms with Crippen LogP contribution in [0.2, 0.25) is 0 Å². The molecule has 2 rings (SSSR count). The van der Waals surface area contributed by atoms with Crippen molar-refractivity contribution in [3.8, 4) is 0 Å². The Morgan fingerprint density at radius 2 is 2.33 bits per heavy atom. The third-order valence-electron chi connectivity index (χ3n) is 3.16. The molecule has 15 heavy (non-hydrogen) atoms. The third kappa shape index (κ3) is 2.44. The van der Waals surface area contributed by atoms with E-state index in [1.807, 2.05) is 11.3 Å². The fraction of sp³-hybridized carbons (Fsp3) is 0.636. The number of hydrogen-bond donors (Lipinski definition) is 2. The summed E-state index contributed by atoms with van der Waals surface area (Å²) < 4.78 is 1.19. The summed E-state index contributed by atoms with van der Waals surface area (Å²) in [6.45, 7) is 3.25. The van der Waals surface area contributed by atoms with E-state index in [-0.39, 0.29) is 12.1 Å². The van der Waals surface area contributed by atoms with Crippen molar-refractivity contribution < 1.29 is 5.11 Å². The Balaban J connectivity index is 1.92. The summed E-state index contributed by atoms with van der Waals surface area (Å²) in [5.74, 6) is 0. The van der Waals surface area contributed by atoms with E-state index in [1.54, 1.807) is 0 Å². The first-order valence-electron chi connectivity index (χ1n) is 5.26. The SMILES string of the molecule is Cc1sc(CNC2(CO)CCC2)cc1Br. The second-order valence-electron chi connectivity index (χ2n) is 4.26. The molecule has 0 aliphatic heterocycles. The molecule has 1 aliphatic rings. The molecule has 84 valence electrons. The zero-order chi connectivity index (χ0) is 10.9. The van der Waals surface area contributed by atoms with Gasteiger partial charge in [0.05, 0.1) is 6.61 Å². The quantitative estimate of drug-likeness (QED) is 0.893. The normalized spacial score (nSPS) is 18.9. The molecule has 1 aromatic rings. The molecular weight excluding hydrogens is 274 g/mol. The molecule has 0 unspecified atom stereocenters. The lowest BCUT2D eigenvalue weighted by Gasteiger charge is -2.41. The molecule has 4 heteroatoms. The van der Waals surface area contributed by atoms with Crippen LogP contribution in [0.25, 0.3) is 0 Å². The molecular formula is C11H16BrNOS. The highest BCUT2D eigenvalue weighted by molar-refractivity contribution is 9.10. The molecule has 2 N–H and O–H groups in total. The number of aliphatic hydroxyl groups excluding tert-OH is 1. The van der Waals surface area contributed by atoms with Gasteiger partial charge >= 0.3 is 0 Å². The van der Waals surface area contributed by atoms with E-state index >= 15 is 0 Å². The number of rotatable bonds is 4.